The number of piperazine rings is 3. The Kier molecular flexibility index (Phi) is 15.9. The third-order valence-corrected chi connectivity index (χ3v) is 15.1. The average molecular weight is 1080 g/mol. The molecule has 22 heteroatoms. The van der Waals surface area contributed by atoms with Gasteiger partial charge in [0, 0.05) is 104 Å². The Morgan fingerprint density at radius 3 is 1.53 bits per heavy atom. The fraction of sp³-hybridized carbons (Fsp3) is 0.421. The second-order valence-electron chi connectivity index (χ2n) is 22.1. The zero-order valence-electron chi connectivity index (χ0n) is 45.7. The van der Waals surface area contributed by atoms with Crippen LogP contribution in [0.1, 0.15) is 59.2 Å². The van der Waals surface area contributed by atoms with E-state index in [1.54, 1.807) is 44.6 Å². The van der Waals surface area contributed by atoms with Crippen LogP contribution in [0.25, 0.3) is 67.3 Å². The third kappa shape index (κ3) is 12.5. The van der Waals surface area contributed by atoms with Crippen molar-refractivity contribution in [3.05, 3.63) is 109 Å². The van der Waals surface area contributed by atoms with Gasteiger partial charge in [0.25, 0.3) is 0 Å². The number of nitrogens with one attached hydrogen (secondary N) is 6. The van der Waals surface area contributed by atoms with E-state index in [0.29, 0.717) is 54.5 Å². The zero-order valence-corrected chi connectivity index (χ0v) is 45.7. The van der Waals surface area contributed by atoms with E-state index in [1.165, 1.54) is 6.07 Å². The molecule has 0 aromatic carbocycles. The molecule has 8 N–H and O–H groups in total. The molecular formula is C57H76F2N18O2. The third-order valence-electron chi connectivity index (χ3n) is 15.1. The van der Waals surface area contributed by atoms with Crippen LogP contribution >= 0.6 is 0 Å². The minimum atomic E-state index is -1.25. The summed E-state index contributed by atoms with van der Waals surface area (Å²) in [4.78, 5) is 33.4. The van der Waals surface area contributed by atoms with Gasteiger partial charge in [-0.1, -0.05) is 26.0 Å². The van der Waals surface area contributed by atoms with Gasteiger partial charge in [-0.3, -0.25) is 15.3 Å². The number of pyridine rings is 6. The molecule has 9 aromatic heterocycles. The maximum atomic E-state index is 14.5. The average Bonchev–Trinajstić information content (AvgIpc) is 4.32. The lowest BCUT2D eigenvalue weighted by Gasteiger charge is -2.43. The Balaban J connectivity index is 0.000000174. The molecule has 3 aliphatic heterocycles. The molecule has 12 heterocycles. The first kappa shape index (κ1) is 54.7. The number of rotatable bonds is 11. The number of aromatic amines is 3. The smallest absolute Gasteiger partial charge is 0.181 e. The summed E-state index contributed by atoms with van der Waals surface area (Å²) in [7, 11) is 0. The molecule has 0 saturated carbocycles. The number of alkyl halides is 1. The molecule has 12 rings (SSSR count). The Bertz CT molecular complexity index is 3510. The highest BCUT2D eigenvalue weighted by molar-refractivity contribution is 5.91. The topological polar surface area (TPSA) is 250 Å². The molecule has 4 atom stereocenters. The van der Waals surface area contributed by atoms with Gasteiger partial charge in [0.15, 0.2) is 22.8 Å². The van der Waals surface area contributed by atoms with Crippen LogP contribution in [0, 0.1) is 11.7 Å². The number of hydrogen-bond donors (Lipinski definition) is 8. The highest BCUT2D eigenvalue weighted by atomic mass is 19.1. The second-order valence-corrected chi connectivity index (χ2v) is 22.1. The first-order chi connectivity index (χ1) is 37.9. The quantitative estimate of drug-likeness (QED) is 0.0621. The first-order valence-corrected chi connectivity index (χ1v) is 27.0. The fourth-order valence-corrected chi connectivity index (χ4v) is 10.3. The van der Waals surface area contributed by atoms with Gasteiger partial charge >= 0.3 is 0 Å². The molecule has 79 heavy (non-hydrogen) atoms. The standard InChI is InChI=1S/C20H26N6O.C19H22F2N6.C18H22N6O.3H2/c1-13(2)20(3,27)16-12-26(11-10-21-16)17-8-4-7-15(23-17)18-14-6-5-9-22-19(14)25-24-18;1-19(2,21)10-12-11-27(9-8-22-12)15-6-5-14(20)17(24-15)16-13-4-3-7-23-18(13)26-25-16;1-18(2,25)14-11-24(10-9-19-14)15-7-3-6-13(21-15)16-12-5-4-8-20-17(12)23-22-16;;;/h4-9,13,16,21,27H,10-12H2,1-3H3,(H,22,24,25);3-7,12,22H,8-11H2,1-2H3,(H,23,25,26);3-8,14,19,25H,9-11H2,1-2H3,(H,20,22,23);3*1H/t;;14-;;;/m..0.../s1. The summed E-state index contributed by atoms with van der Waals surface area (Å²) in [5.74, 6) is 2.22. The van der Waals surface area contributed by atoms with E-state index in [1.807, 2.05) is 87.5 Å². The molecule has 20 nitrogen and oxygen atoms in total. The summed E-state index contributed by atoms with van der Waals surface area (Å²) in [5.41, 5.74) is 3.25. The van der Waals surface area contributed by atoms with Crippen molar-refractivity contribution < 1.29 is 23.3 Å². The summed E-state index contributed by atoms with van der Waals surface area (Å²) < 4.78 is 28.5. The largest absolute Gasteiger partial charge is 0.389 e. The molecule has 0 radical (unpaired) electrons. The van der Waals surface area contributed by atoms with Gasteiger partial charge in [0.2, 0.25) is 0 Å². The van der Waals surface area contributed by atoms with Crippen molar-refractivity contribution in [1.82, 2.24) is 76.4 Å². The van der Waals surface area contributed by atoms with E-state index >= 15 is 0 Å². The first-order valence-electron chi connectivity index (χ1n) is 27.0. The van der Waals surface area contributed by atoms with Crippen molar-refractivity contribution >= 4 is 50.6 Å². The summed E-state index contributed by atoms with van der Waals surface area (Å²) in [6.45, 7) is 19.7. The van der Waals surface area contributed by atoms with Crippen LogP contribution < -0.4 is 30.7 Å². The van der Waals surface area contributed by atoms with Crippen molar-refractivity contribution in [2.24, 2.45) is 5.92 Å². The molecule has 420 valence electrons. The SMILES string of the molecule is CC(C)(F)CC1CN(c2ccc(F)c(-c3[nH]nc4ncccc34)n2)CCN1.CC(C)(O)[C@@H]1CN(c2cccc(-c3[nH]nc4ncccc34)n2)CCN1.CC(C)C(C)(O)C1CN(c2cccc(-c3[nH]nc4ncccc34)n2)CCN1.[HH].[HH].[HH]. The highest BCUT2D eigenvalue weighted by Crippen LogP contribution is 2.32. The Labute approximate surface area is 461 Å². The number of anilines is 3. The van der Waals surface area contributed by atoms with E-state index in [-0.39, 0.29) is 34.0 Å². The van der Waals surface area contributed by atoms with Crippen LogP contribution in [0.2, 0.25) is 0 Å². The summed E-state index contributed by atoms with van der Waals surface area (Å²) >= 11 is 0. The summed E-state index contributed by atoms with van der Waals surface area (Å²) in [6, 6.07) is 26.5. The maximum Gasteiger partial charge on any atom is 0.181 e. The van der Waals surface area contributed by atoms with Crippen molar-refractivity contribution in [1.29, 1.82) is 0 Å². The van der Waals surface area contributed by atoms with E-state index < -0.39 is 22.7 Å². The summed E-state index contributed by atoms with van der Waals surface area (Å²) in [6.07, 6.45) is 5.52. The minimum Gasteiger partial charge on any atom is -0.389 e. The van der Waals surface area contributed by atoms with Crippen LogP contribution in [0.4, 0.5) is 26.2 Å². The van der Waals surface area contributed by atoms with Gasteiger partial charge in [-0.15, -0.1) is 0 Å². The van der Waals surface area contributed by atoms with Crippen LogP contribution in [0.5, 0.6) is 0 Å². The van der Waals surface area contributed by atoms with Gasteiger partial charge in [-0.05, 0) is 120 Å². The maximum absolute atomic E-state index is 14.5. The van der Waals surface area contributed by atoms with Crippen LogP contribution in [-0.2, 0) is 0 Å². The van der Waals surface area contributed by atoms with E-state index in [4.69, 9.17) is 9.97 Å². The van der Waals surface area contributed by atoms with Gasteiger partial charge in [-0.2, -0.15) is 15.3 Å². The Morgan fingerprint density at radius 1 is 0.570 bits per heavy atom. The van der Waals surface area contributed by atoms with Gasteiger partial charge in [0.05, 0.1) is 51.8 Å². The highest BCUT2D eigenvalue weighted by Gasteiger charge is 2.38. The predicted molar refractivity (Wildman–Crippen MR) is 311 cm³/mol. The molecular weight excluding hydrogens is 1010 g/mol. The van der Waals surface area contributed by atoms with Gasteiger partial charge < -0.3 is 40.9 Å². The Hall–Kier alpha value is -7.63. The van der Waals surface area contributed by atoms with Crippen molar-refractivity contribution in [3.8, 4) is 34.2 Å². The van der Waals surface area contributed by atoms with Crippen LogP contribution in [0.15, 0.2) is 104 Å². The van der Waals surface area contributed by atoms with Crippen LogP contribution in [-0.4, -0.2) is 165 Å². The number of nitrogens with zero attached hydrogens (tertiary/aromatic N) is 12. The van der Waals surface area contributed by atoms with Crippen LogP contribution in [0.3, 0.4) is 0 Å². The van der Waals surface area contributed by atoms with E-state index in [0.717, 1.165) is 89.8 Å². The normalized spacial score (nSPS) is 19.0. The number of H-pyrrole nitrogens is 3. The number of hydrogen-bond acceptors (Lipinski definition) is 17. The van der Waals surface area contributed by atoms with E-state index in [2.05, 4.69) is 95.0 Å². The lowest BCUT2D eigenvalue weighted by atomic mass is 9.84. The molecule has 0 spiro atoms. The molecule has 0 bridgehead atoms. The lowest BCUT2D eigenvalue weighted by Crippen LogP contribution is -2.62. The predicted octanol–water partition coefficient (Wildman–Crippen LogP) is 7.59. The molecule has 0 amide bonds. The molecule has 3 aliphatic rings. The number of halogens is 2. The molecule has 3 saturated heterocycles. The van der Waals surface area contributed by atoms with Gasteiger partial charge in [-0.25, -0.2) is 38.7 Å². The van der Waals surface area contributed by atoms with Gasteiger partial charge in [0.1, 0.15) is 28.8 Å². The minimum absolute atomic E-state index is 0. The van der Waals surface area contributed by atoms with Crippen molar-refractivity contribution in [2.45, 2.75) is 89.9 Å². The monoisotopic (exact) mass is 1080 g/mol. The lowest BCUT2D eigenvalue weighted by molar-refractivity contribution is -0.0231. The Morgan fingerprint density at radius 2 is 1.03 bits per heavy atom. The molecule has 3 unspecified atom stereocenters. The second kappa shape index (κ2) is 23.0. The van der Waals surface area contributed by atoms with E-state index in [9.17, 15) is 19.0 Å². The zero-order chi connectivity index (χ0) is 55.5. The van der Waals surface area contributed by atoms with Crippen molar-refractivity contribution in [2.75, 3.05) is 73.6 Å². The molecule has 3 fully saturated rings. The number of aliphatic hydroxyl groups is 2. The summed E-state index contributed by atoms with van der Waals surface area (Å²) in [5, 5.41) is 55.6. The molecule has 0 aliphatic carbocycles. The fourth-order valence-electron chi connectivity index (χ4n) is 10.3. The number of aromatic nitrogens is 12. The molecule has 9 aromatic rings. The van der Waals surface area contributed by atoms with Crippen molar-refractivity contribution in [3.63, 3.8) is 0 Å². The number of fused-ring (bicyclic) bond motifs is 3.